The second-order valence-electron chi connectivity index (χ2n) is 6.59. The molecule has 0 saturated carbocycles. The molecule has 0 unspecified atom stereocenters. The van der Waals surface area contributed by atoms with Crippen LogP contribution in [0.4, 0.5) is 14.5 Å². The topological polar surface area (TPSA) is 71.4 Å². The molecule has 27 heavy (non-hydrogen) atoms. The molecule has 0 atom stereocenters. The molecule has 0 aliphatic carbocycles. The van der Waals surface area contributed by atoms with Crippen LogP contribution in [0.15, 0.2) is 29.2 Å². The molecule has 1 aromatic carbocycles. The first kappa shape index (κ1) is 19.5. The molecule has 1 aliphatic rings. The Bertz CT molecular complexity index is 980. The molecule has 1 N–H and O–H groups in total. The summed E-state index contributed by atoms with van der Waals surface area (Å²) in [5.74, 6) is -2.70. The molecule has 2 heterocycles. The van der Waals surface area contributed by atoms with Crippen molar-refractivity contribution >= 4 is 21.6 Å². The largest absolute Gasteiger partial charge is 0.343 e. The Kier molecular flexibility index (Phi) is 5.34. The van der Waals surface area contributed by atoms with Gasteiger partial charge in [-0.2, -0.15) is 4.31 Å². The number of benzene rings is 1. The average Bonchev–Trinajstić information content (AvgIpc) is 2.95. The Hall–Kier alpha value is -2.26. The number of nitrogens with one attached hydrogen (secondary N) is 1. The third-order valence-corrected chi connectivity index (χ3v) is 6.85. The van der Waals surface area contributed by atoms with Crippen molar-refractivity contribution in [1.29, 1.82) is 0 Å². The summed E-state index contributed by atoms with van der Waals surface area (Å²) < 4.78 is 55.1. The zero-order chi connectivity index (χ0) is 19.8. The SMILES string of the molecule is Cc1c(S(=O)(=O)N2CCCCC2)cc(C(=O)Nc2ccc(F)c(F)c2)n1C. The lowest BCUT2D eigenvalue weighted by Gasteiger charge is -2.25. The van der Waals surface area contributed by atoms with E-state index in [1.54, 1.807) is 14.0 Å². The Morgan fingerprint density at radius 2 is 1.74 bits per heavy atom. The van der Waals surface area contributed by atoms with E-state index < -0.39 is 27.6 Å². The third-order valence-electron chi connectivity index (χ3n) is 4.83. The Balaban J connectivity index is 1.90. The van der Waals surface area contributed by atoms with Crippen LogP contribution >= 0.6 is 0 Å². The third kappa shape index (κ3) is 3.74. The number of rotatable bonds is 4. The van der Waals surface area contributed by atoms with Gasteiger partial charge in [0.05, 0.1) is 0 Å². The molecular formula is C18H21F2N3O3S. The summed E-state index contributed by atoms with van der Waals surface area (Å²) in [6, 6.07) is 4.34. The fraction of sp³-hybridized carbons (Fsp3) is 0.389. The average molecular weight is 397 g/mol. The number of halogens is 2. The smallest absolute Gasteiger partial charge is 0.272 e. The van der Waals surface area contributed by atoms with Gasteiger partial charge in [0, 0.05) is 37.6 Å². The molecule has 1 aliphatic heterocycles. The predicted molar refractivity (Wildman–Crippen MR) is 97.1 cm³/mol. The van der Waals surface area contributed by atoms with Gasteiger partial charge in [-0.05, 0) is 38.0 Å². The summed E-state index contributed by atoms with van der Waals surface area (Å²) in [5, 5.41) is 2.46. The number of piperidine rings is 1. The summed E-state index contributed by atoms with van der Waals surface area (Å²) in [5.41, 5.74) is 0.641. The molecule has 146 valence electrons. The van der Waals surface area contributed by atoms with Crippen LogP contribution in [-0.4, -0.2) is 36.3 Å². The zero-order valence-electron chi connectivity index (χ0n) is 15.1. The second-order valence-corrected chi connectivity index (χ2v) is 8.49. The number of carbonyl (C=O) groups is 1. The standard InChI is InChI=1S/C18H21F2N3O3S/c1-12-17(27(25,26)23-8-4-3-5-9-23)11-16(22(12)2)18(24)21-13-6-7-14(19)15(20)10-13/h6-7,10-11H,3-5,8-9H2,1-2H3,(H,21,24). The number of amides is 1. The van der Waals surface area contributed by atoms with Gasteiger partial charge in [0.1, 0.15) is 10.6 Å². The van der Waals surface area contributed by atoms with E-state index in [2.05, 4.69) is 5.32 Å². The van der Waals surface area contributed by atoms with E-state index >= 15 is 0 Å². The quantitative estimate of drug-likeness (QED) is 0.862. The Morgan fingerprint density at radius 3 is 2.37 bits per heavy atom. The molecule has 1 saturated heterocycles. The fourth-order valence-corrected chi connectivity index (χ4v) is 4.95. The normalized spacial score (nSPS) is 15.7. The van der Waals surface area contributed by atoms with Gasteiger partial charge in [-0.3, -0.25) is 4.79 Å². The van der Waals surface area contributed by atoms with Crippen LogP contribution in [0.25, 0.3) is 0 Å². The summed E-state index contributed by atoms with van der Waals surface area (Å²) in [6.45, 7) is 2.56. The van der Waals surface area contributed by atoms with Gasteiger partial charge in [0.25, 0.3) is 5.91 Å². The van der Waals surface area contributed by atoms with Crippen molar-refractivity contribution in [3.63, 3.8) is 0 Å². The molecule has 1 aromatic heterocycles. The molecular weight excluding hydrogens is 376 g/mol. The molecule has 0 radical (unpaired) electrons. The first-order valence-electron chi connectivity index (χ1n) is 8.64. The van der Waals surface area contributed by atoms with Crippen LogP contribution < -0.4 is 5.32 Å². The van der Waals surface area contributed by atoms with Crippen molar-refractivity contribution in [3.8, 4) is 0 Å². The summed E-state index contributed by atoms with van der Waals surface area (Å²) in [6.07, 6.45) is 2.63. The first-order valence-corrected chi connectivity index (χ1v) is 10.1. The lowest BCUT2D eigenvalue weighted by atomic mass is 10.2. The van der Waals surface area contributed by atoms with E-state index in [1.165, 1.54) is 21.0 Å². The Labute approximate surface area is 156 Å². The minimum atomic E-state index is -3.69. The number of sulfonamides is 1. The number of carbonyl (C=O) groups excluding carboxylic acids is 1. The van der Waals surface area contributed by atoms with Crippen LogP contribution in [0.5, 0.6) is 0 Å². The summed E-state index contributed by atoms with van der Waals surface area (Å²) >= 11 is 0. The van der Waals surface area contributed by atoms with Gasteiger partial charge < -0.3 is 9.88 Å². The number of hydrogen-bond acceptors (Lipinski definition) is 3. The number of hydrogen-bond donors (Lipinski definition) is 1. The van der Waals surface area contributed by atoms with Gasteiger partial charge in [0.2, 0.25) is 10.0 Å². The first-order chi connectivity index (χ1) is 12.7. The Morgan fingerprint density at radius 1 is 1.07 bits per heavy atom. The molecule has 2 aromatic rings. The lowest BCUT2D eigenvalue weighted by molar-refractivity contribution is 0.101. The highest BCUT2D eigenvalue weighted by Crippen LogP contribution is 2.26. The number of nitrogens with zero attached hydrogens (tertiary/aromatic N) is 2. The second kappa shape index (κ2) is 7.40. The highest BCUT2D eigenvalue weighted by Gasteiger charge is 2.30. The minimum absolute atomic E-state index is 0.0817. The van der Waals surface area contributed by atoms with E-state index in [1.807, 2.05) is 0 Å². The van der Waals surface area contributed by atoms with Crippen LogP contribution in [0, 0.1) is 18.6 Å². The van der Waals surface area contributed by atoms with Crippen molar-refractivity contribution in [2.45, 2.75) is 31.1 Å². The maximum absolute atomic E-state index is 13.3. The molecule has 0 spiro atoms. The molecule has 1 fully saturated rings. The molecule has 1 amide bonds. The summed E-state index contributed by atoms with van der Waals surface area (Å²) in [4.78, 5) is 12.6. The number of aromatic nitrogens is 1. The maximum atomic E-state index is 13.3. The van der Waals surface area contributed by atoms with Crippen molar-refractivity contribution in [3.05, 3.63) is 47.3 Å². The van der Waals surface area contributed by atoms with Gasteiger partial charge >= 0.3 is 0 Å². The minimum Gasteiger partial charge on any atom is -0.343 e. The zero-order valence-corrected chi connectivity index (χ0v) is 15.9. The molecule has 3 rings (SSSR count). The van der Waals surface area contributed by atoms with E-state index in [9.17, 15) is 22.0 Å². The van der Waals surface area contributed by atoms with E-state index in [0.29, 0.717) is 18.8 Å². The van der Waals surface area contributed by atoms with E-state index in [4.69, 9.17) is 0 Å². The number of anilines is 1. The van der Waals surface area contributed by atoms with Crippen molar-refractivity contribution in [2.75, 3.05) is 18.4 Å². The maximum Gasteiger partial charge on any atom is 0.272 e. The summed E-state index contributed by atoms with van der Waals surface area (Å²) in [7, 11) is -2.10. The monoisotopic (exact) mass is 397 g/mol. The van der Waals surface area contributed by atoms with Crippen LogP contribution in [0.3, 0.4) is 0 Å². The van der Waals surface area contributed by atoms with Crippen molar-refractivity contribution < 1.29 is 22.0 Å². The highest BCUT2D eigenvalue weighted by atomic mass is 32.2. The van der Waals surface area contributed by atoms with Crippen molar-refractivity contribution in [1.82, 2.24) is 8.87 Å². The predicted octanol–water partition coefficient (Wildman–Crippen LogP) is 3.04. The highest BCUT2D eigenvalue weighted by molar-refractivity contribution is 7.89. The van der Waals surface area contributed by atoms with Gasteiger partial charge in [-0.1, -0.05) is 6.42 Å². The van der Waals surface area contributed by atoms with Crippen LogP contribution in [0.1, 0.15) is 35.4 Å². The lowest BCUT2D eigenvalue weighted by Crippen LogP contribution is -2.35. The van der Waals surface area contributed by atoms with Gasteiger partial charge in [0.15, 0.2) is 11.6 Å². The molecule has 6 nitrogen and oxygen atoms in total. The van der Waals surface area contributed by atoms with Crippen LogP contribution in [0.2, 0.25) is 0 Å². The fourth-order valence-electron chi connectivity index (χ4n) is 3.16. The van der Waals surface area contributed by atoms with Crippen LogP contribution in [-0.2, 0) is 17.1 Å². The van der Waals surface area contributed by atoms with Crippen molar-refractivity contribution in [2.24, 2.45) is 7.05 Å². The van der Waals surface area contributed by atoms with Gasteiger partial charge in [-0.15, -0.1) is 0 Å². The van der Waals surface area contributed by atoms with Gasteiger partial charge in [-0.25, -0.2) is 17.2 Å². The van der Waals surface area contributed by atoms with E-state index in [-0.39, 0.29) is 16.3 Å². The molecule has 0 bridgehead atoms. The molecule has 9 heteroatoms. The van der Waals surface area contributed by atoms with E-state index in [0.717, 1.165) is 31.4 Å².